The van der Waals surface area contributed by atoms with E-state index in [0.29, 0.717) is 6.61 Å². The summed E-state index contributed by atoms with van der Waals surface area (Å²) in [5.74, 6) is -0.0953. The molecule has 0 spiro atoms. The Morgan fingerprint density at radius 2 is 1.88 bits per heavy atom. The standard InChI is InChI=1S/C12H22O4/c1-12(2,15)11(14)9-3-5-10(6-4-9)16-8-7-13/h9-10,13,15H,3-8H2,1-2H3. The van der Waals surface area contributed by atoms with Crippen LogP contribution in [0.25, 0.3) is 0 Å². The van der Waals surface area contributed by atoms with Crippen molar-refractivity contribution in [3.63, 3.8) is 0 Å². The van der Waals surface area contributed by atoms with Gasteiger partial charge in [0.05, 0.1) is 19.3 Å². The number of aliphatic hydroxyl groups is 2. The second-order valence-corrected chi connectivity index (χ2v) is 4.99. The number of ether oxygens (including phenoxy) is 1. The topological polar surface area (TPSA) is 66.8 Å². The summed E-state index contributed by atoms with van der Waals surface area (Å²) in [7, 11) is 0. The highest BCUT2D eigenvalue weighted by molar-refractivity contribution is 5.88. The van der Waals surface area contributed by atoms with E-state index in [0.717, 1.165) is 25.7 Å². The van der Waals surface area contributed by atoms with Gasteiger partial charge < -0.3 is 14.9 Å². The molecule has 1 aliphatic rings. The molecule has 0 aromatic carbocycles. The maximum absolute atomic E-state index is 11.8. The molecule has 0 unspecified atom stereocenters. The van der Waals surface area contributed by atoms with E-state index in [1.54, 1.807) is 13.8 Å². The van der Waals surface area contributed by atoms with Gasteiger partial charge in [0.1, 0.15) is 5.60 Å². The molecule has 0 aromatic rings. The van der Waals surface area contributed by atoms with Crippen LogP contribution in [0.15, 0.2) is 0 Å². The second kappa shape index (κ2) is 5.75. The number of rotatable bonds is 5. The maximum Gasteiger partial charge on any atom is 0.166 e. The zero-order chi connectivity index (χ0) is 12.2. The predicted molar refractivity (Wildman–Crippen MR) is 60.1 cm³/mol. The third-order valence-electron chi connectivity index (χ3n) is 3.09. The SMILES string of the molecule is CC(C)(O)C(=O)C1CCC(OCCO)CC1. The predicted octanol–water partition coefficient (Wildman–Crippen LogP) is 0.894. The van der Waals surface area contributed by atoms with Gasteiger partial charge in [0, 0.05) is 5.92 Å². The van der Waals surface area contributed by atoms with Gasteiger partial charge in [-0.3, -0.25) is 4.79 Å². The minimum atomic E-state index is -1.22. The first-order chi connectivity index (χ1) is 7.45. The lowest BCUT2D eigenvalue weighted by atomic mass is 9.80. The van der Waals surface area contributed by atoms with Crippen molar-refractivity contribution in [3.05, 3.63) is 0 Å². The molecule has 4 nitrogen and oxygen atoms in total. The zero-order valence-corrected chi connectivity index (χ0v) is 10.1. The Labute approximate surface area is 96.6 Å². The van der Waals surface area contributed by atoms with Gasteiger partial charge in [0.25, 0.3) is 0 Å². The molecule has 16 heavy (non-hydrogen) atoms. The van der Waals surface area contributed by atoms with Crippen LogP contribution in [0, 0.1) is 5.92 Å². The Kier molecular flexibility index (Phi) is 4.89. The van der Waals surface area contributed by atoms with Crippen molar-refractivity contribution in [1.82, 2.24) is 0 Å². The average Bonchev–Trinajstić information content (AvgIpc) is 2.25. The summed E-state index contributed by atoms with van der Waals surface area (Å²) >= 11 is 0. The second-order valence-electron chi connectivity index (χ2n) is 4.99. The lowest BCUT2D eigenvalue weighted by Crippen LogP contribution is -2.39. The minimum Gasteiger partial charge on any atom is -0.394 e. The monoisotopic (exact) mass is 230 g/mol. The lowest BCUT2D eigenvalue weighted by Gasteiger charge is -2.30. The number of aliphatic hydroxyl groups excluding tert-OH is 1. The van der Waals surface area contributed by atoms with Gasteiger partial charge >= 0.3 is 0 Å². The molecule has 0 aromatic heterocycles. The lowest BCUT2D eigenvalue weighted by molar-refractivity contribution is -0.140. The van der Waals surface area contributed by atoms with E-state index in [-0.39, 0.29) is 24.4 Å². The van der Waals surface area contributed by atoms with E-state index in [1.165, 1.54) is 0 Å². The third kappa shape index (κ3) is 3.85. The van der Waals surface area contributed by atoms with Crippen molar-refractivity contribution in [2.24, 2.45) is 5.92 Å². The van der Waals surface area contributed by atoms with E-state index in [4.69, 9.17) is 9.84 Å². The molecule has 2 N–H and O–H groups in total. The van der Waals surface area contributed by atoms with Crippen LogP contribution in [-0.2, 0) is 9.53 Å². The van der Waals surface area contributed by atoms with Gasteiger partial charge in [-0.15, -0.1) is 0 Å². The van der Waals surface area contributed by atoms with E-state index in [9.17, 15) is 9.90 Å². The van der Waals surface area contributed by atoms with E-state index >= 15 is 0 Å². The molecule has 1 aliphatic carbocycles. The van der Waals surface area contributed by atoms with Gasteiger partial charge in [0.2, 0.25) is 0 Å². The van der Waals surface area contributed by atoms with E-state index in [1.807, 2.05) is 0 Å². The van der Waals surface area contributed by atoms with Crippen molar-refractivity contribution in [1.29, 1.82) is 0 Å². The highest BCUT2D eigenvalue weighted by atomic mass is 16.5. The van der Waals surface area contributed by atoms with Crippen LogP contribution in [0.3, 0.4) is 0 Å². The summed E-state index contributed by atoms with van der Waals surface area (Å²) in [6, 6.07) is 0. The van der Waals surface area contributed by atoms with E-state index < -0.39 is 5.60 Å². The van der Waals surface area contributed by atoms with Crippen molar-refractivity contribution >= 4 is 5.78 Å². The molecule has 0 atom stereocenters. The summed E-state index contributed by atoms with van der Waals surface area (Å²) in [5, 5.41) is 18.3. The third-order valence-corrected chi connectivity index (χ3v) is 3.09. The van der Waals surface area contributed by atoms with Crippen molar-refractivity contribution < 1.29 is 19.7 Å². The molecular formula is C12H22O4. The van der Waals surface area contributed by atoms with Gasteiger partial charge in [0.15, 0.2) is 5.78 Å². The molecule has 1 saturated carbocycles. The molecule has 94 valence electrons. The molecule has 0 heterocycles. The smallest absolute Gasteiger partial charge is 0.166 e. The Balaban J connectivity index is 2.34. The first-order valence-corrected chi connectivity index (χ1v) is 5.94. The van der Waals surface area contributed by atoms with Crippen LogP contribution in [0.2, 0.25) is 0 Å². The van der Waals surface area contributed by atoms with Crippen LogP contribution in [-0.4, -0.2) is 40.9 Å². The van der Waals surface area contributed by atoms with Crippen molar-refractivity contribution in [3.8, 4) is 0 Å². The molecule has 0 saturated heterocycles. The Morgan fingerprint density at radius 3 is 2.31 bits per heavy atom. The number of carbonyl (C=O) groups is 1. The molecule has 1 rings (SSSR count). The first kappa shape index (κ1) is 13.6. The fraction of sp³-hybridized carbons (Fsp3) is 0.917. The molecule has 0 radical (unpaired) electrons. The summed E-state index contributed by atoms with van der Waals surface area (Å²) < 4.78 is 5.42. The van der Waals surface area contributed by atoms with Crippen molar-refractivity contribution in [2.45, 2.75) is 51.2 Å². The summed E-state index contributed by atoms with van der Waals surface area (Å²) in [5.41, 5.74) is -1.22. The number of ketones is 1. The molecule has 1 fully saturated rings. The molecule has 0 aliphatic heterocycles. The highest BCUT2D eigenvalue weighted by Crippen LogP contribution is 2.29. The number of carbonyl (C=O) groups excluding carboxylic acids is 1. The van der Waals surface area contributed by atoms with Crippen LogP contribution in [0.5, 0.6) is 0 Å². The van der Waals surface area contributed by atoms with Gasteiger partial charge in [-0.25, -0.2) is 0 Å². The molecule has 4 heteroatoms. The largest absolute Gasteiger partial charge is 0.394 e. The van der Waals surface area contributed by atoms with Crippen LogP contribution in [0.4, 0.5) is 0 Å². The van der Waals surface area contributed by atoms with Gasteiger partial charge in [-0.1, -0.05) is 0 Å². The normalized spacial score (nSPS) is 26.8. The number of hydrogen-bond acceptors (Lipinski definition) is 4. The quantitative estimate of drug-likeness (QED) is 0.736. The van der Waals surface area contributed by atoms with Crippen LogP contribution < -0.4 is 0 Å². The number of Topliss-reactive ketones (excluding diaryl/α,β-unsaturated/α-hetero) is 1. The van der Waals surface area contributed by atoms with Crippen molar-refractivity contribution in [2.75, 3.05) is 13.2 Å². The molecule has 0 bridgehead atoms. The Hall–Kier alpha value is -0.450. The average molecular weight is 230 g/mol. The van der Waals surface area contributed by atoms with Crippen LogP contribution in [0.1, 0.15) is 39.5 Å². The maximum atomic E-state index is 11.8. The zero-order valence-electron chi connectivity index (χ0n) is 10.1. The van der Waals surface area contributed by atoms with Gasteiger partial charge in [-0.2, -0.15) is 0 Å². The summed E-state index contributed by atoms with van der Waals surface area (Å²) in [6.45, 7) is 3.50. The molecular weight excluding hydrogens is 208 g/mol. The van der Waals surface area contributed by atoms with Crippen LogP contribution >= 0.6 is 0 Å². The fourth-order valence-electron chi connectivity index (χ4n) is 2.21. The molecule has 0 amide bonds. The summed E-state index contributed by atoms with van der Waals surface area (Å²) in [6.07, 6.45) is 3.40. The fourth-order valence-corrected chi connectivity index (χ4v) is 2.21. The van der Waals surface area contributed by atoms with E-state index in [2.05, 4.69) is 0 Å². The minimum absolute atomic E-state index is 0.0334. The Morgan fingerprint density at radius 1 is 1.31 bits per heavy atom. The summed E-state index contributed by atoms with van der Waals surface area (Å²) in [4.78, 5) is 11.8. The first-order valence-electron chi connectivity index (χ1n) is 5.94. The number of hydrogen-bond donors (Lipinski definition) is 2. The highest BCUT2D eigenvalue weighted by Gasteiger charge is 2.34. The van der Waals surface area contributed by atoms with Gasteiger partial charge in [-0.05, 0) is 39.5 Å². The Bertz CT molecular complexity index is 224.